The number of fused-ring (bicyclic) bond motifs is 1. The maximum atomic E-state index is 13.1. The number of nitrogens with one attached hydrogen (secondary N) is 2. The number of carbonyl (C=O) groups excluding carboxylic acids is 2. The lowest BCUT2D eigenvalue weighted by Crippen LogP contribution is -2.27. The van der Waals surface area contributed by atoms with Gasteiger partial charge in [-0.15, -0.1) is 10.2 Å². The van der Waals surface area contributed by atoms with Crippen molar-refractivity contribution in [3.8, 4) is 23.1 Å². The molecule has 0 unspecified atom stereocenters. The molecule has 0 bridgehead atoms. The number of methoxy groups -OCH3 is 3. The highest BCUT2D eigenvalue weighted by Crippen LogP contribution is 2.40. The summed E-state index contributed by atoms with van der Waals surface area (Å²) in [6.07, 6.45) is 4.53. The summed E-state index contributed by atoms with van der Waals surface area (Å²) in [5.74, 6) is 2.73. The van der Waals surface area contributed by atoms with Crippen molar-refractivity contribution < 1.29 is 23.8 Å². The van der Waals surface area contributed by atoms with Gasteiger partial charge >= 0.3 is 0 Å². The van der Waals surface area contributed by atoms with Crippen LogP contribution in [0.4, 0.5) is 11.5 Å². The number of carbonyl (C=O) groups is 2. The van der Waals surface area contributed by atoms with Gasteiger partial charge in [0.2, 0.25) is 17.6 Å². The molecule has 2 aromatic heterocycles. The molecule has 0 atom stereocenters. The zero-order valence-corrected chi connectivity index (χ0v) is 23.5. The van der Waals surface area contributed by atoms with E-state index in [0.29, 0.717) is 47.5 Å². The van der Waals surface area contributed by atoms with Crippen molar-refractivity contribution in [2.75, 3.05) is 51.6 Å². The molecule has 2 aromatic carbocycles. The van der Waals surface area contributed by atoms with Crippen molar-refractivity contribution in [1.29, 1.82) is 0 Å². The van der Waals surface area contributed by atoms with E-state index >= 15 is 0 Å². The topological polar surface area (TPSA) is 120 Å². The lowest BCUT2D eigenvalue weighted by Gasteiger charge is -2.15. The van der Waals surface area contributed by atoms with E-state index in [2.05, 4.69) is 20.8 Å². The summed E-state index contributed by atoms with van der Waals surface area (Å²) in [6, 6.07) is 15.0. The quantitative estimate of drug-likeness (QED) is 0.250. The lowest BCUT2D eigenvalue weighted by atomic mass is 10.1. The smallest absolute Gasteiger partial charge is 0.228 e. The predicted octanol–water partition coefficient (Wildman–Crippen LogP) is 4.05. The number of nitrogens with zero attached hydrogens (tertiary/aromatic N) is 4. The van der Waals surface area contributed by atoms with Crippen LogP contribution in [0.3, 0.4) is 0 Å². The number of benzene rings is 2. The Morgan fingerprint density at radius 1 is 1.00 bits per heavy atom. The fourth-order valence-electron chi connectivity index (χ4n) is 5.09. The molecule has 1 aliphatic heterocycles. The molecule has 41 heavy (non-hydrogen) atoms. The molecule has 1 fully saturated rings. The first-order chi connectivity index (χ1) is 20.0. The van der Waals surface area contributed by atoms with Gasteiger partial charge in [0.25, 0.3) is 0 Å². The number of likely N-dealkylation sites (tertiary alicyclic amines) is 1. The number of aromatic nitrogens is 3. The van der Waals surface area contributed by atoms with Crippen molar-refractivity contribution in [1.82, 2.24) is 19.7 Å². The molecule has 1 saturated heterocycles. The van der Waals surface area contributed by atoms with Gasteiger partial charge < -0.3 is 29.7 Å². The molecule has 2 N–H and O–H groups in total. The van der Waals surface area contributed by atoms with Gasteiger partial charge in [-0.05, 0) is 36.6 Å². The van der Waals surface area contributed by atoms with E-state index in [1.807, 2.05) is 52.1 Å². The van der Waals surface area contributed by atoms with Gasteiger partial charge in [-0.3, -0.25) is 14.2 Å². The summed E-state index contributed by atoms with van der Waals surface area (Å²) in [5.41, 5.74) is 2.31. The fourth-order valence-corrected chi connectivity index (χ4v) is 5.09. The van der Waals surface area contributed by atoms with E-state index in [4.69, 9.17) is 14.2 Å². The van der Waals surface area contributed by atoms with Gasteiger partial charge in [0.05, 0.1) is 33.3 Å². The van der Waals surface area contributed by atoms with E-state index in [1.54, 1.807) is 12.1 Å². The molecule has 2 amide bonds. The van der Waals surface area contributed by atoms with Gasteiger partial charge in [-0.25, -0.2) is 0 Å². The highest BCUT2D eigenvalue weighted by Gasteiger charge is 2.19. The van der Waals surface area contributed by atoms with Gasteiger partial charge in [0, 0.05) is 55.5 Å². The molecule has 11 heteroatoms. The lowest BCUT2D eigenvalue weighted by molar-refractivity contribution is -0.127. The molecule has 1 aliphatic rings. The minimum absolute atomic E-state index is 0.150. The van der Waals surface area contributed by atoms with Crippen LogP contribution in [0, 0.1) is 0 Å². The van der Waals surface area contributed by atoms with Crippen LogP contribution in [-0.2, 0) is 16.0 Å². The van der Waals surface area contributed by atoms with E-state index < -0.39 is 0 Å². The first kappa shape index (κ1) is 27.8. The third-order valence-corrected chi connectivity index (χ3v) is 7.07. The Morgan fingerprint density at radius 3 is 2.44 bits per heavy atom. The zero-order chi connectivity index (χ0) is 28.8. The van der Waals surface area contributed by atoms with Crippen LogP contribution < -0.4 is 24.8 Å². The number of anilines is 2. The Morgan fingerprint density at radius 2 is 1.78 bits per heavy atom. The third-order valence-electron chi connectivity index (χ3n) is 7.07. The van der Waals surface area contributed by atoms with Crippen molar-refractivity contribution in [2.45, 2.75) is 25.7 Å². The molecule has 0 radical (unpaired) electrons. The molecule has 5 rings (SSSR count). The summed E-state index contributed by atoms with van der Waals surface area (Å²) in [5, 5.41) is 15.9. The second-order valence-electron chi connectivity index (χ2n) is 9.72. The van der Waals surface area contributed by atoms with Crippen LogP contribution in [0.1, 0.15) is 24.8 Å². The minimum atomic E-state index is -0.191. The van der Waals surface area contributed by atoms with Crippen LogP contribution >= 0.6 is 0 Å². The van der Waals surface area contributed by atoms with Crippen molar-refractivity contribution >= 4 is 34.2 Å². The SMILES string of the molecule is COc1cc(NC(=O)Cc2cn(-c3ccc(NCCCN4CCCC4=O)nn3)c3ccccc23)cc(OC)c1OC. The van der Waals surface area contributed by atoms with Crippen molar-refractivity contribution in [3.05, 3.63) is 60.3 Å². The normalized spacial score (nSPS) is 13.0. The molecule has 0 saturated carbocycles. The summed E-state index contributed by atoms with van der Waals surface area (Å²) in [4.78, 5) is 26.8. The van der Waals surface area contributed by atoms with Gasteiger partial charge in [0.1, 0.15) is 5.82 Å². The Kier molecular flexibility index (Phi) is 8.52. The minimum Gasteiger partial charge on any atom is -0.493 e. The highest BCUT2D eigenvalue weighted by molar-refractivity contribution is 5.96. The fraction of sp³-hybridized carbons (Fsp3) is 0.333. The van der Waals surface area contributed by atoms with Crippen molar-refractivity contribution in [2.24, 2.45) is 0 Å². The van der Waals surface area contributed by atoms with E-state index in [-0.39, 0.29) is 18.2 Å². The maximum absolute atomic E-state index is 13.1. The number of rotatable bonds is 12. The zero-order valence-electron chi connectivity index (χ0n) is 23.5. The second kappa shape index (κ2) is 12.6. The number of ether oxygens (including phenoxy) is 3. The molecular weight excluding hydrogens is 524 g/mol. The standard InChI is InChI=1S/C30H34N6O5/c1-39-24-17-21(18-25(40-2)30(24)41-3)32-28(37)16-20-19-36(23-9-5-4-8-22(20)23)27-12-11-26(33-34-27)31-13-7-15-35-14-6-10-29(35)38/h4-5,8-9,11-12,17-19H,6-7,10,13-16H2,1-3H3,(H,31,33)(H,32,37). The molecule has 3 heterocycles. The summed E-state index contributed by atoms with van der Waals surface area (Å²) >= 11 is 0. The average molecular weight is 559 g/mol. The first-order valence-electron chi connectivity index (χ1n) is 13.5. The first-order valence-corrected chi connectivity index (χ1v) is 13.5. The van der Waals surface area contributed by atoms with Crippen LogP contribution in [0.2, 0.25) is 0 Å². The number of para-hydroxylation sites is 1. The maximum Gasteiger partial charge on any atom is 0.228 e. The average Bonchev–Trinajstić information content (AvgIpc) is 3.57. The Bertz CT molecular complexity index is 1510. The van der Waals surface area contributed by atoms with Gasteiger partial charge in [0.15, 0.2) is 17.3 Å². The van der Waals surface area contributed by atoms with E-state index in [0.717, 1.165) is 42.4 Å². The van der Waals surface area contributed by atoms with Gasteiger partial charge in [-0.2, -0.15) is 0 Å². The van der Waals surface area contributed by atoms with Crippen LogP contribution in [0.5, 0.6) is 17.2 Å². The summed E-state index contributed by atoms with van der Waals surface area (Å²) in [6.45, 7) is 2.31. The van der Waals surface area contributed by atoms with Gasteiger partial charge in [-0.1, -0.05) is 18.2 Å². The second-order valence-corrected chi connectivity index (χ2v) is 9.72. The summed E-state index contributed by atoms with van der Waals surface area (Å²) in [7, 11) is 4.59. The van der Waals surface area contributed by atoms with E-state index in [1.165, 1.54) is 21.3 Å². The van der Waals surface area contributed by atoms with Crippen molar-refractivity contribution in [3.63, 3.8) is 0 Å². The number of hydrogen-bond acceptors (Lipinski definition) is 8. The molecule has 0 spiro atoms. The molecular formula is C30H34N6O5. The molecule has 4 aromatic rings. The van der Waals surface area contributed by atoms with Crippen LogP contribution in [0.25, 0.3) is 16.7 Å². The molecule has 214 valence electrons. The Labute approximate surface area is 238 Å². The Hall–Kier alpha value is -4.80. The number of amides is 2. The Balaban J connectivity index is 1.27. The van der Waals surface area contributed by atoms with Crippen LogP contribution in [0.15, 0.2) is 54.7 Å². The van der Waals surface area contributed by atoms with Crippen LogP contribution in [-0.4, -0.2) is 72.4 Å². The summed E-state index contributed by atoms with van der Waals surface area (Å²) < 4.78 is 18.1. The largest absolute Gasteiger partial charge is 0.493 e. The highest BCUT2D eigenvalue weighted by atomic mass is 16.5. The molecule has 0 aliphatic carbocycles. The predicted molar refractivity (Wildman–Crippen MR) is 156 cm³/mol. The third kappa shape index (κ3) is 6.19. The monoisotopic (exact) mass is 558 g/mol. The van der Waals surface area contributed by atoms with E-state index in [9.17, 15) is 9.59 Å². The number of hydrogen-bond donors (Lipinski definition) is 2. The molecule has 11 nitrogen and oxygen atoms in total.